The molecule has 1 aromatic carbocycles. The van der Waals surface area contributed by atoms with Gasteiger partial charge in [-0.15, -0.1) is 0 Å². The van der Waals surface area contributed by atoms with Crippen LogP contribution >= 0.6 is 0 Å². The summed E-state index contributed by atoms with van der Waals surface area (Å²) in [6, 6.07) is 3.84. The molecule has 0 saturated carbocycles. The van der Waals surface area contributed by atoms with Crippen molar-refractivity contribution in [3.63, 3.8) is 0 Å². The molecule has 0 heterocycles. The van der Waals surface area contributed by atoms with Crippen LogP contribution in [0.4, 0.5) is 5.69 Å². The lowest BCUT2D eigenvalue weighted by atomic mass is 10.0. The lowest BCUT2D eigenvalue weighted by Crippen LogP contribution is -2.41. The Morgan fingerprint density at radius 3 is 2.20 bits per heavy atom. The maximum Gasteiger partial charge on any atom is 0.256 e. The van der Waals surface area contributed by atoms with E-state index in [-0.39, 0.29) is 5.91 Å². The Labute approximate surface area is 121 Å². The van der Waals surface area contributed by atoms with Gasteiger partial charge in [0.15, 0.2) is 0 Å². The Morgan fingerprint density at radius 2 is 1.80 bits per heavy atom. The van der Waals surface area contributed by atoms with Crippen LogP contribution in [0.1, 0.15) is 38.3 Å². The van der Waals surface area contributed by atoms with Crippen molar-refractivity contribution in [3.05, 3.63) is 23.3 Å². The first-order valence-corrected chi connectivity index (χ1v) is 6.98. The number of benzene rings is 1. The molecular formula is C16H25NO3. The average molecular weight is 279 g/mol. The summed E-state index contributed by atoms with van der Waals surface area (Å²) >= 11 is 0. The van der Waals surface area contributed by atoms with Gasteiger partial charge >= 0.3 is 0 Å². The van der Waals surface area contributed by atoms with E-state index >= 15 is 0 Å². The number of carbonyl (C=O) groups excluding carboxylic acids is 1. The Morgan fingerprint density at radius 1 is 1.25 bits per heavy atom. The van der Waals surface area contributed by atoms with Crippen LogP contribution in [0, 0.1) is 13.8 Å². The van der Waals surface area contributed by atoms with E-state index in [1.165, 1.54) is 0 Å². The van der Waals surface area contributed by atoms with Gasteiger partial charge in [-0.3, -0.25) is 4.79 Å². The van der Waals surface area contributed by atoms with Gasteiger partial charge in [-0.25, -0.2) is 0 Å². The van der Waals surface area contributed by atoms with Crippen molar-refractivity contribution in [2.45, 2.75) is 46.6 Å². The molecule has 0 spiro atoms. The van der Waals surface area contributed by atoms with E-state index in [0.29, 0.717) is 13.0 Å². The van der Waals surface area contributed by atoms with Crippen molar-refractivity contribution >= 4 is 11.6 Å². The van der Waals surface area contributed by atoms with Crippen molar-refractivity contribution in [2.24, 2.45) is 0 Å². The summed E-state index contributed by atoms with van der Waals surface area (Å²) in [6.07, 6.45) is 0.615. The molecule has 0 bridgehead atoms. The van der Waals surface area contributed by atoms with Gasteiger partial charge in [-0.05, 0) is 57.4 Å². The number of nitrogens with one attached hydrogen (secondary N) is 1. The highest BCUT2D eigenvalue weighted by atomic mass is 16.5. The average Bonchev–Trinajstić information content (AvgIpc) is 2.41. The molecule has 0 aliphatic heterocycles. The fourth-order valence-corrected chi connectivity index (χ4v) is 2.06. The van der Waals surface area contributed by atoms with Crippen LogP contribution < -0.4 is 10.1 Å². The molecule has 4 heteroatoms. The fourth-order valence-electron chi connectivity index (χ4n) is 2.06. The molecule has 0 radical (unpaired) electrons. The molecule has 112 valence electrons. The molecule has 0 saturated heterocycles. The standard InChI is InChI=1S/C16H25NO3/c1-7-16(5,19-6)15(18)17-13-9-11(3)14(20-8-2)12(4)10-13/h9-10H,7-8H2,1-6H3,(H,17,18)/t16-/m0/s1. The molecule has 1 amide bonds. The lowest BCUT2D eigenvalue weighted by molar-refractivity contribution is -0.136. The minimum absolute atomic E-state index is 0.134. The smallest absolute Gasteiger partial charge is 0.256 e. The molecule has 0 aliphatic rings. The second-order valence-electron chi connectivity index (χ2n) is 5.11. The number of rotatable bonds is 6. The van der Waals surface area contributed by atoms with E-state index in [4.69, 9.17) is 9.47 Å². The quantitative estimate of drug-likeness (QED) is 0.867. The molecule has 1 N–H and O–H groups in total. The topological polar surface area (TPSA) is 47.6 Å². The molecule has 20 heavy (non-hydrogen) atoms. The van der Waals surface area contributed by atoms with Crippen LogP contribution in [0.15, 0.2) is 12.1 Å². The molecule has 0 aromatic heterocycles. The van der Waals surface area contributed by atoms with Crippen molar-refractivity contribution in [3.8, 4) is 5.75 Å². The highest BCUT2D eigenvalue weighted by Crippen LogP contribution is 2.28. The summed E-state index contributed by atoms with van der Waals surface area (Å²) in [5.41, 5.74) is 1.99. The van der Waals surface area contributed by atoms with Crippen LogP contribution in [-0.2, 0) is 9.53 Å². The SMILES string of the molecule is CCOc1c(C)cc(NC(=O)[C@](C)(CC)OC)cc1C. The van der Waals surface area contributed by atoms with Gasteiger partial charge in [0.1, 0.15) is 11.4 Å². The number of hydrogen-bond acceptors (Lipinski definition) is 3. The normalized spacial score (nSPS) is 13.7. The van der Waals surface area contributed by atoms with Gasteiger partial charge in [0.05, 0.1) is 6.61 Å². The van der Waals surface area contributed by atoms with Crippen LogP contribution in [-0.4, -0.2) is 25.2 Å². The zero-order chi connectivity index (χ0) is 15.3. The molecule has 1 atom stereocenters. The minimum atomic E-state index is -0.805. The molecule has 0 fully saturated rings. The van der Waals surface area contributed by atoms with Gasteiger partial charge in [0.2, 0.25) is 0 Å². The first-order valence-electron chi connectivity index (χ1n) is 6.98. The van der Waals surface area contributed by atoms with Gasteiger partial charge < -0.3 is 14.8 Å². The molecule has 0 unspecified atom stereocenters. The van der Waals surface area contributed by atoms with E-state index in [1.54, 1.807) is 14.0 Å². The van der Waals surface area contributed by atoms with Gasteiger partial charge in [-0.1, -0.05) is 6.92 Å². The van der Waals surface area contributed by atoms with Crippen molar-refractivity contribution in [1.29, 1.82) is 0 Å². The fraction of sp³-hybridized carbons (Fsp3) is 0.562. The van der Waals surface area contributed by atoms with Gasteiger partial charge in [0, 0.05) is 12.8 Å². The predicted molar refractivity (Wildman–Crippen MR) is 81.4 cm³/mol. The maximum atomic E-state index is 12.3. The monoisotopic (exact) mass is 279 g/mol. The largest absolute Gasteiger partial charge is 0.493 e. The number of carbonyl (C=O) groups is 1. The minimum Gasteiger partial charge on any atom is -0.493 e. The molecule has 1 rings (SSSR count). The third kappa shape index (κ3) is 3.51. The number of amides is 1. The second kappa shape index (κ2) is 6.75. The summed E-state index contributed by atoms with van der Waals surface area (Å²) in [5.74, 6) is 0.751. The third-order valence-electron chi connectivity index (χ3n) is 3.61. The number of aryl methyl sites for hydroxylation is 2. The Hall–Kier alpha value is -1.55. The summed E-state index contributed by atoms with van der Waals surface area (Å²) in [7, 11) is 1.55. The molecule has 4 nitrogen and oxygen atoms in total. The van der Waals surface area contributed by atoms with E-state index in [2.05, 4.69) is 5.32 Å². The zero-order valence-corrected chi connectivity index (χ0v) is 13.3. The Kier molecular flexibility index (Phi) is 5.57. The molecular weight excluding hydrogens is 254 g/mol. The van der Waals surface area contributed by atoms with Crippen LogP contribution in [0.2, 0.25) is 0 Å². The highest BCUT2D eigenvalue weighted by molar-refractivity contribution is 5.97. The highest BCUT2D eigenvalue weighted by Gasteiger charge is 2.31. The van der Waals surface area contributed by atoms with Crippen molar-refractivity contribution in [1.82, 2.24) is 0 Å². The lowest BCUT2D eigenvalue weighted by Gasteiger charge is -2.25. The Bertz CT molecular complexity index is 456. The first-order chi connectivity index (χ1) is 9.37. The van der Waals surface area contributed by atoms with Crippen LogP contribution in [0.5, 0.6) is 5.75 Å². The molecule has 0 aliphatic carbocycles. The van der Waals surface area contributed by atoms with Gasteiger partial charge in [0.25, 0.3) is 5.91 Å². The summed E-state index contributed by atoms with van der Waals surface area (Å²) in [5, 5.41) is 2.92. The van der Waals surface area contributed by atoms with Crippen molar-refractivity contribution < 1.29 is 14.3 Å². The van der Waals surface area contributed by atoms with Gasteiger partial charge in [-0.2, -0.15) is 0 Å². The third-order valence-corrected chi connectivity index (χ3v) is 3.61. The van der Waals surface area contributed by atoms with Crippen LogP contribution in [0.3, 0.4) is 0 Å². The Balaban J connectivity index is 2.97. The predicted octanol–water partition coefficient (Wildman–Crippen LogP) is 3.46. The number of anilines is 1. The summed E-state index contributed by atoms with van der Waals surface area (Å²) < 4.78 is 10.9. The van der Waals surface area contributed by atoms with Crippen molar-refractivity contribution in [2.75, 3.05) is 19.0 Å². The summed E-state index contributed by atoms with van der Waals surface area (Å²) in [6.45, 7) is 10.3. The van der Waals surface area contributed by atoms with E-state index in [9.17, 15) is 4.79 Å². The molecule has 1 aromatic rings. The van der Waals surface area contributed by atoms with E-state index < -0.39 is 5.60 Å². The number of ether oxygens (including phenoxy) is 2. The zero-order valence-electron chi connectivity index (χ0n) is 13.3. The number of methoxy groups -OCH3 is 1. The number of hydrogen-bond donors (Lipinski definition) is 1. The second-order valence-corrected chi connectivity index (χ2v) is 5.11. The first kappa shape index (κ1) is 16.5. The van der Waals surface area contributed by atoms with Crippen LogP contribution in [0.25, 0.3) is 0 Å². The van der Waals surface area contributed by atoms with E-state index in [1.807, 2.05) is 39.8 Å². The maximum absolute atomic E-state index is 12.3. The van der Waals surface area contributed by atoms with E-state index in [0.717, 1.165) is 22.6 Å². The summed E-state index contributed by atoms with van der Waals surface area (Å²) in [4.78, 5) is 12.3.